The standard InChI is InChI=1S/C10H11ClF2O2S/c1-4-9(8(3)10(12)13)6-5-7(2)16(11,14)15/h1,5-6,8,10H,2-3H3/b7-5+,9-6+. The summed E-state index contributed by atoms with van der Waals surface area (Å²) in [4.78, 5) is -0.150. The molecule has 0 aromatic heterocycles. The lowest BCUT2D eigenvalue weighted by Crippen LogP contribution is -2.08. The van der Waals surface area contributed by atoms with Crippen molar-refractivity contribution in [1.82, 2.24) is 0 Å². The maximum atomic E-state index is 12.3. The van der Waals surface area contributed by atoms with Crippen molar-refractivity contribution < 1.29 is 17.2 Å². The first-order valence-electron chi connectivity index (χ1n) is 4.28. The average Bonchev–Trinajstić information content (AvgIpc) is 2.16. The molecule has 0 spiro atoms. The first-order valence-corrected chi connectivity index (χ1v) is 6.59. The van der Waals surface area contributed by atoms with Gasteiger partial charge in [-0.05, 0) is 19.1 Å². The summed E-state index contributed by atoms with van der Waals surface area (Å²) in [6.07, 6.45) is 4.72. The third kappa shape index (κ3) is 4.77. The van der Waals surface area contributed by atoms with E-state index in [0.29, 0.717) is 0 Å². The van der Waals surface area contributed by atoms with Gasteiger partial charge in [0.05, 0.1) is 4.91 Å². The number of hydrogen-bond donors (Lipinski definition) is 0. The highest BCUT2D eigenvalue weighted by atomic mass is 35.7. The minimum absolute atomic E-state index is 0.0228. The van der Waals surface area contributed by atoms with Gasteiger partial charge in [-0.15, -0.1) is 6.42 Å². The number of halogens is 3. The van der Waals surface area contributed by atoms with Gasteiger partial charge in [0, 0.05) is 22.2 Å². The fraction of sp³-hybridized carbons (Fsp3) is 0.400. The molecule has 6 heteroatoms. The van der Waals surface area contributed by atoms with Crippen LogP contribution in [0.2, 0.25) is 0 Å². The summed E-state index contributed by atoms with van der Waals surface area (Å²) < 4.78 is 46.3. The molecule has 16 heavy (non-hydrogen) atoms. The van der Waals surface area contributed by atoms with Crippen molar-refractivity contribution in [2.75, 3.05) is 0 Å². The molecule has 0 N–H and O–H groups in total. The molecule has 0 aliphatic heterocycles. The van der Waals surface area contributed by atoms with Gasteiger partial charge in [0.15, 0.2) is 0 Å². The third-order valence-electron chi connectivity index (χ3n) is 1.92. The van der Waals surface area contributed by atoms with E-state index in [2.05, 4.69) is 5.92 Å². The molecule has 0 amide bonds. The second-order valence-electron chi connectivity index (χ2n) is 3.10. The lowest BCUT2D eigenvalue weighted by molar-refractivity contribution is 0.105. The minimum atomic E-state index is -3.82. The van der Waals surface area contributed by atoms with Gasteiger partial charge in [0.2, 0.25) is 6.43 Å². The molecule has 0 heterocycles. The molecule has 0 aromatic rings. The van der Waals surface area contributed by atoms with Crippen LogP contribution in [-0.4, -0.2) is 14.8 Å². The molecule has 1 atom stereocenters. The largest absolute Gasteiger partial charge is 0.257 e. The van der Waals surface area contributed by atoms with Crippen LogP contribution in [0.25, 0.3) is 0 Å². The maximum Gasteiger partial charge on any atom is 0.257 e. The molecule has 0 aromatic carbocycles. The van der Waals surface area contributed by atoms with E-state index in [9.17, 15) is 17.2 Å². The Balaban J connectivity index is 5.11. The van der Waals surface area contributed by atoms with Crippen LogP contribution in [0.4, 0.5) is 8.78 Å². The molecule has 2 nitrogen and oxygen atoms in total. The van der Waals surface area contributed by atoms with Crippen molar-refractivity contribution in [2.24, 2.45) is 5.92 Å². The van der Waals surface area contributed by atoms with Crippen molar-refractivity contribution in [1.29, 1.82) is 0 Å². The molecule has 0 saturated heterocycles. The Bertz CT molecular complexity index is 444. The molecule has 0 rings (SSSR count). The lowest BCUT2D eigenvalue weighted by Gasteiger charge is -2.08. The van der Waals surface area contributed by atoms with Crippen LogP contribution in [0.15, 0.2) is 22.6 Å². The molecule has 90 valence electrons. The zero-order valence-electron chi connectivity index (χ0n) is 8.75. The normalized spacial score (nSPS) is 16.1. The minimum Gasteiger partial charge on any atom is -0.210 e. The van der Waals surface area contributed by atoms with Gasteiger partial charge in [-0.3, -0.25) is 0 Å². The van der Waals surface area contributed by atoms with Crippen LogP contribution >= 0.6 is 10.7 Å². The summed E-state index contributed by atoms with van der Waals surface area (Å²) in [6.45, 7) is 2.51. The number of hydrogen-bond acceptors (Lipinski definition) is 2. The maximum absolute atomic E-state index is 12.3. The first kappa shape index (κ1) is 15.1. The van der Waals surface area contributed by atoms with Crippen molar-refractivity contribution in [3.63, 3.8) is 0 Å². The van der Waals surface area contributed by atoms with Crippen LogP contribution < -0.4 is 0 Å². The second-order valence-corrected chi connectivity index (χ2v) is 5.84. The van der Waals surface area contributed by atoms with E-state index < -0.39 is 21.4 Å². The van der Waals surface area contributed by atoms with E-state index in [1.807, 2.05) is 0 Å². The lowest BCUT2D eigenvalue weighted by atomic mass is 10.0. The van der Waals surface area contributed by atoms with Gasteiger partial charge >= 0.3 is 0 Å². The Hall–Kier alpha value is -0.860. The number of rotatable bonds is 4. The monoisotopic (exact) mass is 268 g/mol. The molecular weight excluding hydrogens is 258 g/mol. The molecule has 0 saturated carbocycles. The Morgan fingerprint density at radius 2 is 1.94 bits per heavy atom. The summed E-state index contributed by atoms with van der Waals surface area (Å²) >= 11 is 0. The smallest absolute Gasteiger partial charge is 0.210 e. The highest BCUT2D eigenvalue weighted by Crippen LogP contribution is 2.19. The Labute approximate surface area is 98.4 Å². The van der Waals surface area contributed by atoms with E-state index in [4.69, 9.17) is 17.1 Å². The van der Waals surface area contributed by atoms with Crippen LogP contribution in [0, 0.1) is 18.3 Å². The number of allylic oxidation sites excluding steroid dienone is 4. The Morgan fingerprint density at radius 3 is 2.25 bits per heavy atom. The summed E-state index contributed by atoms with van der Waals surface area (Å²) in [6, 6.07) is 0. The third-order valence-corrected chi connectivity index (χ3v) is 3.55. The highest BCUT2D eigenvalue weighted by molar-refractivity contribution is 8.16. The second kappa shape index (κ2) is 6.02. The number of alkyl halides is 2. The Morgan fingerprint density at radius 1 is 1.44 bits per heavy atom. The quantitative estimate of drug-likeness (QED) is 0.446. The molecule has 1 unspecified atom stereocenters. The van der Waals surface area contributed by atoms with Crippen LogP contribution in [0.5, 0.6) is 0 Å². The van der Waals surface area contributed by atoms with E-state index in [-0.39, 0.29) is 10.5 Å². The molecule has 0 bridgehead atoms. The number of terminal acetylenes is 1. The molecule has 0 radical (unpaired) electrons. The predicted molar refractivity (Wildman–Crippen MR) is 60.6 cm³/mol. The zero-order valence-corrected chi connectivity index (χ0v) is 10.3. The average molecular weight is 269 g/mol. The van der Waals surface area contributed by atoms with Gasteiger partial charge in [-0.2, -0.15) is 0 Å². The summed E-state index contributed by atoms with van der Waals surface area (Å²) in [5.74, 6) is 0.970. The summed E-state index contributed by atoms with van der Waals surface area (Å²) in [5.41, 5.74) is 0.0228. The van der Waals surface area contributed by atoms with E-state index >= 15 is 0 Å². The fourth-order valence-corrected chi connectivity index (χ4v) is 1.14. The highest BCUT2D eigenvalue weighted by Gasteiger charge is 2.17. The predicted octanol–water partition coefficient (Wildman–Crippen LogP) is 2.92. The van der Waals surface area contributed by atoms with Gasteiger partial charge in [0.25, 0.3) is 9.05 Å². The van der Waals surface area contributed by atoms with Crippen molar-refractivity contribution in [3.8, 4) is 12.3 Å². The van der Waals surface area contributed by atoms with E-state index in [0.717, 1.165) is 12.2 Å². The SMILES string of the molecule is C#C/C(=C\C=C(/C)S(=O)(=O)Cl)C(C)C(F)F. The summed E-state index contributed by atoms with van der Waals surface area (Å²) in [7, 11) is 1.21. The first-order chi connectivity index (χ1) is 7.20. The van der Waals surface area contributed by atoms with Gasteiger partial charge in [-0.25, -0.2) is 17.2 Å². The Kier molecular flexibility index (Phi) is 5.70. The summed E-state index contributed by atoms with van der Waals surface area (Å²) in [5, 5.41) is 0. The topological polar surface area (TPSA) is 34.1 Å². The van der Waals surface area contributed by atoms with E-state index in [1.165, 1.54) is 13.8 Å². The molecule has 0 aliphatic rings. The van der Waals surface area contributed by atoms with Crippen LogP contribution in [-0.2, 0) is 9.05 Å². The van der Waals surface area contributed by atoms with Crippen molar-refractivity contribution in [3.05, 3.63) is 22.6 Å². The van der Waals surface area contributed by atoms with Crippen LogP contribution in [0.1, 0.15) is 13.8 Å². The van der Waals surface area contributed by atoms with Crippen LogP contribution in [0.3, 0.4) is 0 Å². The van der Waals surface area contributed by atoms with Gasteiger partial charge in [-0.1, -0.05) is 12.8 Å². The van der Waals surface area contributed by atoms with Crippen molar-refractivity contribution >= 4 is 19.7 Å². The van der Waals surface area contributed by atoms with Crippen molar-refractivity contribution in [2.45, 2.75) is 20.3 Å². The van der Waals surface area contributed by atoms with Gasteiger partial charge < -0.3 is 0 Å². The fourth-order valence-electron chi connectivity index (χ4n) is 0.755. The molecule has 0 aliphatic carbocycles. The van der Waals surface area contributed by atoms with E-state index in [1.54, 1.807) is 0 Å². The zero-order chi connectivity index (χ0) is 12.9. The van der Waals surface area contributed by atoms with Gasteiger partial charge in [0.1, 0.15) is 0 Å². The molecule has 0 fully saturated rings. The molecular formula is C10H11ClF2O2S.